The SMILES string of the molecule is O=C(Nc1ccc(N2CCC(Cc3ccccc3)CC2)c(C(=O)NCCc2ccccc2)c1)Nc1c(Cl)cccc1Cl. The summed E-state index contributed by atoms with van der Waals surface area (Å²) in [5.41, 5.74) is 4.73. The molecule has 1 fully saturated rings. The van der Waals surface area contributed by atoms with Crippen molar-refractivity contribution in [3.63, 3.8) is 0 Å². The van der Waals surface area contributed by atoms with Crippen LogP contribution in [0.15, 0.2) is 97.1 Å². The van der Waals surface area contributed by atoms with Gasteiger partial charge in [0, 0.05) is 31.0 Å². The smallest absolute Gasteiger partial charge is 0.323 e. The monoisotopic (exact) mass is 600 g/mol. The summed E-state index contributed by atoms with van der Waals surface area (Å²) < 4.78 is 0. The number of hydrogen-bond donors (Lipinski definition) is 3. The molecule has 216 valence electrons. The highest BCUT2D eigenvalue weighted by molar-refractivity contribution is 6.39. The molecule has 0 unspecified atom stereocenters. The van der Waals surface area contributed by atoms with Gasteiger partial charge in [-0.05, 0) is 73.1 Å². The van der Waals surface area contributed by atoms with Crippen LogP contribution in [-0.4, -0.2) is 31.6 Å². The van der Waals surface area contributed by atoms with Crippen LogP contribution in [0.5, 0.6) is 0 Å². The van der Waals surface area contributed by atoms with Crippen LogP contribution in [0, 0.1) is 5.92 Å². The Balaban J connectivity index is 1.29. The lowest BCUT2D eigenvalue weighted by atomic mass is 9.89. The van der Waals surface area contributed by atoms with Crippen molar-refractivity contribution in [3.05, 3.63) is 124 Å². The van der Waals surface area contributed by atoms with Crippen LogP contribution >= 0.6 is 23.2 Å². The number of para-hydroxylation sites is 1. The lowest BCUT2D eigenvalue weighted by Crippen LogP contribution is -2.36. The van der Waals surface area contributed by atoms with Crippen molar-refractivity contribution in [2.75, 3.05) is 35.2 Å². The molecule has 4 aromatic rings. The molecule has 1 aliphatic heterocycles. The number of benzene rings is 4. The number of piperidine rings is 1. The normalized spacial score (nSPS) is 13.4. The van der Waals surface area contributed by atoms with E-state index in [0.717, 1.165) is 50.0 Å². The number of nitrogens with zero attached hydrogens (tertiary/aromatic N) is 1. The minimum absolute atomic E-state index is 0.175. The predicted octanol–water partition coefficient (Wildman–Crippen LogP) is 8.07. The summed E-state index contributed by atoms with van der Waals surface area (Å²) >= 11 is 12.4. The number of urea groups is 1. The van der Waals surface area contributed by atoms with Gasteiger partial charge in [-0.3, -0.25) is 4.79 Å². The van der Waals surface area contributed by atoms with Gasteiger partial charge in [0.25, 0.3) is 5.91 Å². The number of halogens is 2. The van der Waals surface area contributed by atoms with E-state index in [2.05, 4.69) is 45.1 Å². The van der Waals surface area contributed by atoms with Crippen LogP contribution < -0.4 is 20.9 Å². The number of carbonyl (C=O) groups excluding carboxylic acids is 2. The van der Waals surface area contributed by atoms with Crippen LogP contribution in [0.2, 0.25) is 10.0 Å². The van der Waals surface area contributed by atoms with Crippen LogP contribution in [0.25, 0.3) is 0 Å². The van der Waals surface area contributed by atoms with Crippen LogP contribution in [0.1, 0.15) is 34.3 Å². The van der Waals surface area contributed by atoms with Gasteiger partial charge in [-0.15, -0.1) is 0 Å². The second-order valence-corrected chi connectivity index (χ2v) is 11.3. The van der Waals surface area contributed by atoms with E-state index < -0.39 is 6.03 Å². The molecule has 1 heterocycles. The fourth-order valence-corrected chi connectivity index (χ4v) is 5.84. The average Bonchev–Trinajstić information content (AvgIpc) is 3.00. The molecule has 4 aromatic carbocycles. The van der Waals surface area contributed by atoms with Gasteiger partial charge in [0.15, 0.2) is 0 Å². The number of carbonyl (C=O) groups is 2. The minimum Gasteiger partial charge on any atom is -0.371 e. The molecule has 42 heavy (non-hydrogen) atoms. The van der Waals surface area contributed by atoms with Crippen molar-refractivity contribution in [3.8, 4) is 0 Å². The summed E-state index contributed by atoms with van der Waals surface area (Å²) in [5.74, 6) is 0.429. The Labute approximate surface area is 257 Å². The molecule has 0 aliphatic carbocycles. The van der Waals surface area contributed by atoms with Crippen LogP contribution in [-0.2, 0) is 12.8 Å². The Kier molecular flexibility index (Phi) is 10.0. The molecule has 0 bridgehead atoms. The number of hydrogen-bond acceptors (Lipinski definition) is 3. The molecule has 0 atom stereocenters. The van der Waals surface area contributed by atoms with E-state index in [1.807, 2.05) is 48.5 Å². The van der Waals surface area contributed by atoms with Gasteiger partial charge in [-0.25, -0.2) is 4.79 Å². The highest BCUT2D eigenvalue weighted by Crippen LogP contribution is 2.32. The Bertz CT molecular complexity index is 1490. The lowest BCUT2D eigenvalue weighted by molar-refractivity contribution is 0.0954. The van der Waals surface area contributed by atoms with E-state index in [1.165, 1.54) is 5.56 Å². The van der Waals surface area contributed by atoms with Gasteiger partial charge in [0.05, 0.1) is 21.3 Å². The molecule has 0 spiro atoms. The molecule has 1 saturated heterocycles. The molecule has 3 amide bonds. The molecule has 1 aliphatic rings. The van der Waals surface area contributed by atoms with Gasteiger partial charge in [0.2, 0.25) is 0 Å². The summed E-state index contributed by atoms with van der Waals surface area (Å²) in [5, 5.41) is 9.27. The second-order valence-electron chi connectivity index (χ2n) is 10.5. The zero-order chi connectivity index (χ0) is 29.3. The molecule has 6 nitrogen and oxygen atoms in total. The summed E-state index contributed by atoms with van der Waals surface area (Å²) in [6, 6.07) is 30.6. The van der Waals surface area contributed by atoms with E-state index in [0.29, 0.717) is 39.4 Å². The van der Waals surface area contributed by atoms with Gasteiger partial charge in [-0.2, -0.15) is 0 Å². The molecular weight excluding hydrogens is 567 g/mol. The second kappa shape index (κ2) is 14.3. The third kappa shape index (κ3) is 7.84. The van der Waals surface area contributed by atoms with Crippen molar-refractivity contribution in [2.24, 2.45) is 5.92 Å². The first kappa shape index (κ1) is 29.5. The highest BCUT2D eigenvalue weighted by atomic mass is 35.5. The topological polar surface area (TPSA) is 73.5 Å². The molecule has 0 saturated carbocycles. The standard InChI is InChI=1S/C34H34Cl2N4O2/c35-29-12-7-13-30(36)32(29)39-34(42)38-27-14-15-31(28(23-27)33(41)37-19-16-24-8-3-1-4-9-24)40-20-17-26(18-21-40)22-25-10-5-2-6-11-25/h1-15,23,26H,16-22H2,(H,37,41)(H2,38,39,42). The van der Waals surface area contributed by atoms with E-state index in [4.69, 9.17) is 23.2 Å². The van der Waals surface area contributed by atoms with Gasteiger partial charge in [0.1, 0.15) is 0 Å². The van der Waals surface area contributed by atoms with E-state index in [1.54, 1.807) is 24.3 Å². The first-order valence-electron chi connectivity index (χ1n) is 14.2. The van der Waals surface area contributed by atoms with E-state index in [9.17, 15) is 9.59 Å². The lowest BCUT2D eigenvalue weighted by Gasteiger charge is -2.35. The quantitative estimate of drug-likeness (QED) is 0.182. The summed E-state index contributed by atoms with van der Waals surface area (Å²) in [7, 11) is 0. The molecule has 0 radical (unpaired) electrons. The maximum absolute atomic E-state index is 13.5. The first-order chi connectivity index (χ1) is 20.5. The van der Waals surface area contributed by atoms with Crippen molar-refractivity contribution < 1.29 is 9.59 Å². The molecule has 3 N–H and O–H groups in total. The minimum atomic E-state index is -0.505. The third-order valence-electron chi connectivity index (χ3n) is 7.56. The number of anilines is 3. The van der Waals surface area contributed by atoms with E-state index >= 15 is 0 Å². The Morgan fingerprint density at radius 2 is 1.40 bits per heavy atom. The summed E-state index contributed by atoms with van der Waals surface area (Å²) in [6.45, 7) is 2.23. The average molecular weight is 602 g/mol. The number of nitrogens with one attached hydrogen (secondary N) is 3. The summed E-state index contributed by atoms with van der Waals surface area (Å²) in [4.78, 5) is 28.6. The Morgan fingerprint density at radius 3 is 2.07 bits per heavy atom. The largest absolute Gasteiger partial charge is 0.371 e. The molecule has 0 aromatic heterocycles. The number of amides is 3. The zero-order valence-electron chi connectivity index (χ0n) is 23.3. The fourth-order valence-electron chi connectivity index (χ4n) is 5.35. The molecule has 8 heteroatoms. The first-order valence-corrected chi connectivity index (χ1v) is 15.0. The van der Waals surface area contributed by atoms with Gasteiger partial charge in [-0.1, -0.05) is 89.9 Å². The van der Waals surface area contributed by atoms with Crippen molar-refractivity contribution in [2.45, 2.75) is 25.7 Å². The predicted molar refractivity (Wildman–Crippen MR) is 173 cm³/mol. The fraction of sp³-hybridized carbons (Fsp3) is 0.235. The summed E-state index contributed by atoms with van der Waals surface area (Å²) in [6.07, 6.45) is 3.89. The van der Waals surface area contributed by atoms with E-state index in [-0.39, 0.29) is 5.91 Å². The third-order valence-corrected chi connectivity index (χ3v) is 8.19. The van der Waals surface area contributed by atoms with Gasteiger partial charge < -0.3 is 20.9 Å². The maximum atomic E-state index is 13.5. The van der Waals surface area contributed by atoms with Crippen LogP contribution in [0.4, 0.5) is 21.9 Å². The zero-order valence-corrected chi connectivity index (χ0v) is 24.8. The Morgan fingerprint density at radius 1 is 0.762 bits per heavy atom. The number of rotatable bonds is 9. The molecular formula is C34H34Cl2N4O2. The van der Waals surface area contributed by atoms with Crippen molar-refractivity contribution in [1.29, 1.82) is 0 Å². The van der Waals surface area contributed by atoms with Crippen molar-refractivity contribution >= 4 is 52.2 Å². The Hall–Kier alpha value is -4.00. The molecule has 5 rings (SSSR count). The highest BCUT2D eigenvalue weighted by Gasteiger charge is 2.24. The van der Waals surface area contributed by atoms with Crippen molar-refractivity contribution in [1.82, 2.24) is 5.32 Å². The van der Waals surface area contributed by atoms with Crippen LogP contribution in [0.3, 0.4) is 0 Å². The maximum Gasteiger partial charge on any atom is 0.323 e. The van der Waals surface area contributed by atoms with Gasteiger partial charge >= 0.3 is 6.03 Å².